The van der Waals surface area contributed by atoms with Crippen LogP contribution in [-0.4, -0.2) is 19.1 Å². The Morgan fingerprint density at radius 1 is 1.09 bits per heavy atom. The van der Waals surface area contributed by atoms with Crippen LogP contribution in [0.15, 0.2) is 24.3 Å². The Morgan fingerprint density at radius 2 is 1.83 bits per heavy atom. The van der Waals surface area contributed by atoms with E-state index >= 15 is 0 Å². The molecule has 0 saturated heterocycles. The van der Waals surface area contributed by atoms with Gasteiger partial charge in [-0.3, -0.25) is 4.79 Å². The number of amides is 1. The van der Waals surface area contributed by atoms with Crippen LogP contribution in [-0.2, 0) is 16.0 Å². The standard InChI is InChI=1S/C20H31NO2/c1-17(22)21-20-12-10-19(11-13-20)14-16-23-15-6-5-9-18-7-3-2-4-8-18/h10-13,18H,2-9,14-16H2,1H3,(H,21,22). The fourth-order valence-corrected chi connectivity index (χ4v) is 3.36. The highest BCUT2D eigenvalue weighted by atomic mass is 16.5. The summed E-state index contributed by atoms with van der Waals surface area (Å²) in [4.78, 5) is 11.0. The van der Waals surface area contributed by atoms with Gasteiger partial charge in [-0.2, -0.15) is 0 Å². The third kappa shape index (κ3) is 7.65. The number of nitrogens with one attached hydrogen (secondary N) is 1. The van der Waals surface area contributed by atoms with E-state index in [-0.39, 0.29) is 5.91 Å². The van der Waals surface area contributed by atoms with Crippen LogP contribution in [0.25, 0.3) is 0 Å². The monoisotopic (exact) mass is 317 g/mol. The lowest BCUT2D eigenvalue weighted by molar-refractivity contribution is -0.114. The molecule has 0 atom stereocenters. The Hall–Kier alpha value is -1.35. The van der Waals surface area contributed by atoms with Gasteiger partial charge in [0.05, 0.1) is 6.61 Å². The molecule has 0 heterocycles. The molecule has 3 heteroatoms. The van der Waals surface area contributed by atoms with Crippen LogP contribution in [0.4, 0.5) is 5.69 Å². The number of anilines is 1. The van der Waals surface area contributed by atoms with Gasteiger partial charge in [0.1, 0.15) is 0 Å². The van der Waals surface area contributed by atoms with Gasteiger partial charge in [-0.1, -0.05) is 57.1 Å². The molecular formula is C20H31NO2. The van der Waals surface area contributed by atoms with Crippen LogP contribution >= 0.6 is 0 Å². The maximum Gasteiger partial charge on any atom is 0.221 e. The van der Waals surface area contributed by atoms with E-state index in [9.17, 15) is 4.79 Å². The first kappa shape index (κ1) is 18.0. The van der Waals surface area contributed by atoms with Crippen LogP contribution in [0.1, 0.15) is 63.9 Å². The van der Waals surface area contributed by atoms with Gasteiger partial charge in [-0.05, 0) is 36.5 Å². The largest absolute Gasteiger partial charge is 0.381 e. The minimum absolute atomic E-state index is 0.0330. The first-order valence-corrected chi connectivity index (χ1v) is 9.18. The van der Waals surface area contributed by atoms with E-state index in [1.807, 2.05) is 12.1 Å². The lowest BCUT2D eigenvalue weighted by atomic mass is 9.86. The summed E-state index contributed by atoms with van der Waals surface area (Å²) >= 11 is 0. The van der Waals surface area contributed by atoms with E-state index in [0.717, 1.165) is 31.2 Å². The summed E-state index contributed by atoms with van der Waals surface area (Å²) in [6.07, 6.45) is 12.1. The van der Waals surface area contributed by atoms with Crippen LogP contribution in [0.2, 0.25) is 0 Å². The van der Waals surface area contributed by atoms with Crippen molar-refractivity contribution in [1.29, 1.82) is 0 Å². The van der Waals surface area contributed by atoms with E-state index < -0.39 is 0 Å². The molecule has 0 aliphatic heterocycles. The van der Waals surface area contributed by atoms with E-state index in [4.69, 9.17) is 4.74 Å². The Balaban J connectivity index is 1.49. The van der Waals surface area contributed by atoms with Gasteiger partial charge >= 0.3 is 0 Å². The van der Waals surface area contributed by atoms with Crippen molar-refractivity contribution in [3.63, 3.8) is 0 Å². The molecule has 0 spiro atoms. The summed E-state index contributed by atoms with van der Waals surface area (Å²) in [6.45, 7) is 3.19. The first-order chi connectivity index (χ1) is 11.2. The van der Waals surface area contributed by atoms with E-state index in [1.165, 1.54) is 63.9 Å². The molecule has 0 aromatic heterocycles. The zero-order valence-electron chi connectivity index (χ0n) is 14.5. The summed E-state index contributed by atoms with van der Waals surface area (Å²) < 4.78 is 5.75. The highest BCUT2D eigenvalue weighted by Gasteiger charge is 2.12. The first-order valence-electron chi connectivity index (χ1n) is 9.18. The average molecular weight is 317 g/mol. The number of carbonyl (C=O) groups excluding carboxylic acids is 1. The zero-order valence-corrected chi connectivity index (χ0v) is 14.5. The van der Waals surface area contributed by atoms with Crippen molar-refractivity contribution in [2.45, 2.75) is 64.7 Å². The molecule has 1 fully saturated rings. The molecular weight excluding hydrogens is 286 g/mol. The molecule has 2 rings (SSSR count). The summed E-state index contributed by atoms with van der Waals surface area (Å²) in [5, 5.41) is 2.78. The van der Waals surface area contributed by atoms with Gasteiger partial charge in [-0.15, -0.1) is 0 Å². The Bertz CT molecular complexity index is 449. The SMILES string of the molecule is CC(=O)Nc1ccc(CCOCCCCC2CCCCC2)cc1. The third-order valence-corrected chi connectivity index (χ3v) is 4.69. The van der Waals surface area contributed by atoms with Crippen molar-refractivity contribution in [2.75, 3.05) is 18.5 Å². The zero-order chi connectivity index (χ0) is 16.3. The molecule has 1 aromatic rings. The van der Waals surface area contributed by atoms with Crippen molar-refractivity contribution in [1.82, 2.24) is 0 Å². The number of ether oxygens (including phenoxy) is 1. The van der Waals surface area contributed by atoms with Gasteiger partial charge in [0, 0.05) is 19.2 Å². The van der Waals surface area contributed by atoms with Gasteiger partial charge in [0.2, 0.25) is 5.91 Å². The summed E-state index contributed by atoms with van der Waals surface area (Å²) in [5.74, 6) is 0.959. The Morgan fingerprint density at radius 3 is 2.52 bits per heavy atom. The quantitative estimate of drug-likeness (QED) is 0.654. The molecule has 0 unspecified atom stereocenters. The van der Waals surface area contributed by atoms with Gasteiger partial charge in [0.25, 0.3) is 0 Å². The van der Waals surface area contributed by atoms with Crippen LogP contribution < -0.4 is 5.32 Å². The van der Waals surface area contributed by atoms with Gasteiger partial charge in [0.15, 0.2) is 0 Å². The number of unbranched alkanes of at least 4 members (excludes halogenated alkanes) is 1. The van der Waals surface area contributed by atoms with E-state index in [1.54, 1.807) is 0 Å². The van der Waals surface area contributed by atoms with Crippen LogP contribution in [0.5, 0.6) is 0 Å². The second-order valence-electron chi connectivity index (χ2n) is 6.74. The van der Waals surface area contributed by atoms with Gasteiger partial charge in [-0.25, -0.2) is 0 Å². The lowest BCUT2D eigenvalue weighted by Gasteiger charge is -2.21. The predicted octanol–water partition coefficient (Wildman–Crippen LogP) is 4.95. The molecule has 1 N–H and O–H groups in total. The minimum Gasteiger partial charge on any atom is -0.381 e. The molecule has 3 nitrogen and oxygen atoms in total. The number of hydrogen-bond donors (Lipinski definition) is 1. The maximum atomic E-state index is 11.0. The highest BCUT2D eigenvalue weighted by Crippen LogP contribution is 2.27. The molecule has 0 bridgehead atoms. The summed E-state index contributed by atoms with van der Waals surface area (Å²) in [7, 11) is 0. The molecule has 1 aliphatic rings. The molecule has 1 saturated carbocycles. The second-order valence-corrected chi connectivity index (χ2v) is 6.74. The number of hydrogen-bond acceptors (Lipinski definition) is 2. The third-order valence-electron chi connectivity index (χ3n) is 4.69. The minimum atomic E-state index is -0.0330. The Kier molecular flexibility index (Phi) is 8.16. The van der Waals surface area contributed by atoms with Gasteiger partial charge < -0.3 is 10.1 Å². The normalized spacial score (nSPS) is 15.5. The van der Waals surface area contributed by atoms with Crippen molar-refractivity contribution in [3.8, 4) is 0 Å². The fraction of sp³-hybridized carbons (Fsp3) is 0.650. The Labute approximate surface area is 140 Å². The number of rotatable bonds is 9. The average Bonchev–Trinajstić information content (AvgIpc) is 2.56. The molecule has 1 amide bonds. The maximum absolute atomic E-state index is 11.0. The molecule has 1 aromatic carbocycles. The molecule has 128 valence electrons. The smallest absolute Gasteiger partial charge is 0.221 e. The van der Waals surface area contributed by atoms with E-state index in [2.05, 4.69) is 17.4 Å². The van der Waals surface area contributed by atoms with E-state index in [0.29, 0.717) is 0 Å². The second kappa shape index (κ2) is 10.4. The van der Waals surface area contributed by atoms with Crippen molar-refractivity contribution in [3.05, 3.63) is 29.8 Å². The highest BCUT2D eigenvalue weighted by molar-refractivity contribution is 5.88. The number of benzene rings is 1. The number of carbonyl (C=O) groups is 1. The van der Waals surface area contributed by atoms with Crippen molar-refractivity contribution >= 4 is 11.6 Å². The fourth-order valence-electron chi connectivity index (χ4n) is 3.36. The summed E-state index contributed by atoms with van der Waals surface area (Å²) in [5.41, 5.74) is 2.10. The topological polar surface area (TPSA) is 38.3 Å². The van der Waals surface area contributed by atoms with Crippen molar-refractivity contribution in [2.24, 2.45) is 5.92 Å². The molecule has 0 radical (unpaired) electrons. The predicted molar refractivity (Wildman–Crippen MR) is 95.7 cm³/mol. The molecule has 1 aliphatic carbocycles. The molecule has 23 heavy (non-hydrogen) atoms. The van der Waals surface area contributed by atoms with Crippen molar-refractivity contribution < 1.29 is 9.53 Å². The summed E-state index contributed by atoms with van der Waals surface area (Å²) in [6, 6.07) is 8.00. The van der Waals surface area contributed by atoms with Crippen LogP contribution in [0.3, 0.4) is 0 Å². The lowest BCUT2D eigenvalue weighted by Crippen LogP contribution is -2.07. The van der Waals surface area contributed by atoms with Crippen LogP contribution in [0, 0.1) is 5.92 Å².